The van der Waals surface area contributed by atoms with Crippen molar-refractivity contribution in [3.63, 3.8) is 0 Å². The van der Waals surface area contributed by atoms with E-state index in [1.54, 1.807) is 33.2 Å². The fourth-order valence-corrected chi connectivity index (χ4v) is 9.59. The lowest BCUT2D eigenvalue weighted by molar-refractivity contribution is -0.00248. The molecular formula is C51H49F4N7O4. The van der Waals surface area contributed by atoms with Gasteiger partial charge in [0.25, 0.3) is 5.92 Å². The maximum Gasteiger partial charge on any atom is 0.411 e. The first kappa shape index (κ1) is 42.9. The van der Waals surface area contributed by atoms with Gasteiger partial charge in [0.15, 0.2) is 23.0 Å². The monoisotopic (exact) mass is 899 g/mol. The van der Waals surface area contributed by atoms with Crippen LogP contribution in [0.5, 0.6) is 23.0 Å². The fraction of sp³-hybridized carbons (Fsp3) is 0.314. The molecule has 0 spiro atoms. The summed E-state index contributed by atoms with van der Waals surface area (Å²) in [4.78, 5) is 29.1. The molecule has 3 aliphatic heterocycles. The molecule has 4 aliphatic rings. The summed E-state index contributed by atoms with van der Waals surface area (Å²) in [6.07, 6.45) is 6.02. The zero-order chi connectivity index (χ0) is 45.2. The largest absolute Gasteiger partial charge is 0.453 e. The van der Waals surface area contributed by atoms with Gasteiger partial charge in [-0.25, -0.2) is 32.3 Å². The van der Waals surface area contributed by atoms with E-state index in [0.717, 1.165) is 55.5 Å². The molecule has 340 valence electrons. The number of nitrogens with one attached hydrogen (secondary N) is 2. The molecule has 11 nitrogen and oxygen atoms in total. The number of aromatic nitrogens is 6. The Hall–Kier alpha value is -7.03. The van der Waals surface area contributed by atoms with Crippen LogP contribution in [0.2, 0.25) is 0 Å². The molecule has 12 rings (SSSR count). The summed E-state index contributed by atoms with van der Waals surface area (Å²) in [6.45, 7) is 8.54. The second kappa shape index (κ2) is 15.3. The highest BCUT2D eigenvalue weighted by molar-refractivity contribution is 6.00. The number of ether oxygens (including phenoxy) is 3. The number of imidazole rings is 2. The first-order chi connectivity index (χ1) is 31.0. The van der Waals surface area contributed by atoms with Crippen LogP contribution < -0.4 is 9.47 Å². The number of halogens is 4. The lowest BCUT2D eigenvalue weighted by Crippen LogP contribution is -2.38. The number of amides is 1. The number of hydrogen-bond acceptors (Lipinski definition) is 6. The van der Waals surface area contributed by atoms with Gasteiger partial charge in [0.1, 0.15) is 17.2 Å². The summed E-state index contributed by atoms with van der Waals surface area (Å²) in [5, 5.41) is 2.12. The number of alkyl halides is 4. The summed E-state index contributed by atoms with van der Waals surface area (Å²) in [5.41, 5.74) is 8.55. The van der Waals surface area contributed by atoms with Crippen LogP contribution in [-0.2, 0) is 4.74 Å². The van der Waals surface area contributed by atoms with Crippen molar-refractivity contribution in [1.82, 2.24) is 34.0 Å². The quantitative estimate of drug-likeness (QED) is 0.170. The zero-order valence-corrected chi connectivity index (χ0v) is 36.3. The van der Waals surface area contributed by atoms with Crippen LogP contribution in [0.3, 0.4) is 0 Å². The van der Waals surface area contributed by atoms with Crippen LogP contribution >= 0.6 is 0 Å². The molecule has 15 heteroatoms. The second-order valence-corrected chi connectivity index (χ2v) is 18.6. The highest BCUT2D eigenvalue weighted by atomic mass is 19.3. The van der Waals surface area contributed by atoms with E-state index in [9.17, 15) is 22.4 Å². The van der Waals surface area contributed by atoms with Crippen molar-refractivity contribution in [1.29, 1.82) is 0 Å². The van der Waals surface area contributed by atoms with Gasteiger partial charge in [0.2, 0.25) is 5.92 Å². The predicted octanol–water partition coefficient (Wildman–Crippen LogP) is 13.7. The number of rotatable bonds is 4. The molecule has 0 unspecified atom stereocenters. The summed E-state index contributed by atoms with van der Waals surface area (Å²) < 4.78 is 78.7. The molecule has 2 atom stereocenters. The maximum absolute atomic E-state index is 14.5. The minimum Gasteiger partial charge on any atom is -0.453 e. The number of H-pyrrole nitrogens is 2. The number of carbonyl (C=O) groups excluding carboxylic acids is 1. The van der Waals surface area contributed by atoms with Crippen LogP contribution in [0.25, 0.3) is 55.7 Å². The molecule has 1 aliphatic carbocycles. The molecule has 0 bridgehead atoms. The minimum atomic E-state index is -3.07. The van der Waals surface area contributed by atoms with Crippen molar-refractivity contribution in [3.05, 3.63) is 120 Å². The van der Waals surface area contributed by atoms with Gasteiger partial charge in [-0.2, -0.15) is 0 Å². The van der Waals surface area contributed by atoms with E-state index >= 15 is 0 Å². The third-order valence-corrected chi connectivity index (χ3v) is 12.7. The first-order valence-corrected chi connectivity index (χ1v) is 21.7. The number of likely N-dealkylation sites (tertiary alicyclic amines) is 1. The van der Waals surface area contributed by atoms with Gasteiger partial charge in [-0.15, -0.1) is 0 Å². The Morgan fingerprint density at radius 1 is 0.742 bits per heavy atom. The number of aryl methyl sites for hydroxylation is 2. The van der Waals surface area contributed by atoms with Crippen LogP contribution in [-0.4, -0.2) is 64.1 Å². The molecule has 8 aromatic rings. The Balaban J connectivity index is 0.000000224. The van der Waals surface area contributed by atoms with Gasteiger partial charge in [-0.05, 0) is 107 Å². The number of nitrogens with zero attached hydrogens (tertiary/aromatic N) is 5. The SMILES string of the molecule is C.CC(C)(C)OC(=O)N1CC(F)(F)C[C@H]1c1ncc(-c2ccc3c4c2ccn4-c2ccc(-c4cnc([C@H]5CCC(F)(F)C5)[nH]4)cc2O3)[nH]1.Cc1ccc2c(c1)Oc1ccc(C)c3ccn-2c13. The van der Waals surface area contributed by atoms with Gasteiger partial charge in [-0.1, -0.05) is 25.6 Å². The Morgan fingerprint density at radius 2 is 1.38 bits per heavy atom. The molecule has 2 N–H and O–H groups in total. The number of carbonyl (C=O) groups is 1. The zero-order valence-electron chi connectivity index (χ0n) is 36.3. The van der Waals surface area contributed by atoms with E-state index < -0.39 is 42.5 Å². The van der Waals surface area contributed by atoms with Gasteiger partial charge < -0.3 is 33.3 Å². The van der Waals surface area contributed by atoms with Gasteiger partial charge >= 0.3 is 6.09 Å². The third-order valence-electron chi connectivity index (χ3n) is 12.7. The Labute approximate surface area is 378 Å². The van der Waals surface area contributed by atoms with Crippen molar-refractivity contribution in [2.24, 2.45) is 0 Å². The van der Waals surface area contributed by atoms with Gasteiger partial charge in [0.05, 0.1) is 58.8 Å². The summed E-state index contributed by atoms with van der Waals surface area (Å²) in [6, 6.07) is 23.1. The first-order valence-electron chi connectivity index (χ1n) is 21.7. The summed E-state index contributed by atoms with van der Waals surface area (Å²) in [7, 11) is 0. The van der Waals surface area contributed by atoms with Crippen LogP contribution in [0.4, 0.5) is 22.4 Å². The highest BCUT2D eigenvalue weighted by Gasteiger charge is 2.50. The average Bonchev–Trinajstić information content (AvgIpc) is 4.11. The van der Waals surface area contributed by atoms with E-state index in [1.807, 2.05) is 47.2 Å². The number of benzene rings is 4. The second-order valence-electron chi connectivity index (χ2n) is 18.6. The van der Waals surface area contributed by atoms with E-state index in [1.165, 1.54) is 22.0 Å². The van der Waals surface area contributed by atoms with Crippen molar-refractivity contribution < 1.29 is 36.6 Å². The topological polar surface area (TPSA) is 115 Å². The smallest absolute Gasteiger partial charge is 0.411 e. The average molecular weight is 900 g/mol. The van der Waals surface area contributed by atoms with Gasteiger partial charge in [-0.3, -0.25) is 4.90 Å². The molecular weight excluding hydrogens is 851 g/mol. The molecule has 7 heterocycles. The predicted molar refractivity (Wildman–Crippen MR) is 245 cm³/mol. The number of hydrogen-bond donors (Lipinski definition) is 2. The molecule has 1 saturated heterocycles. The van der Waals surface area contributed by atoms with E-state index in [-0.39, 0.29) is 32.0 Å². The molecule has 1 saturated carbocycles. The van der Waals surface area contributed by atoms with Crippen molar-refractivity contribution in [3.8, 4) is 56.9 Å². The lowest BCUT2D eigenvalue weighted by Gasteiger charge is -2.27. The summed E-state index contributed by atoms with van der Waals surface area (Å²) in [5.74, 6) is -2.07. The third kappa shape index (κ3) is 7.43. The molecule has 4 aromatic carbocycles. The lowest BCUT2D eigenvalue weighted by atomic mass is 10.1. The Bertz CT molecular complexity index is 3210. The van der Waals surface area contributed by atoms with Crippen molar-refractivity contribution in [2.45, 2.75) is 97.1 Å². The summed E-state index contributed by atoms with van der Waals surface area (Å²) >= 11 is 0. The molecule has 0 radical (unpaired) electrons. The standard InChI is InChI=1S/C34H32F4N6O3.C16H13NO.CH4/c1-32(2,3)47-31(45)44-17-34(37,38)14-25(44)30-40-16-23(42-30)20-5-7-26-28-21(20)9-11-43(28)24-6-4-18(12-27(24)46-26)22-15-39-29(41-22)19-8-10-33(35,36)13-19;1-10-3-5-13-15(9-10)18-14-6-4-11(2)12-7-8-17(13)16(12)14;/h4-7,9,11-12,15-16,19,25H,8,10,13-14,17H2,1-3H3,(H,39,41)(H,40,42);3-9H,1-2H3;1H4/t19-,25-;;/m0../s1. The maximum atomic E-state index is 14.5. The van der Waals surface area contributed by atoms with Crippen LogP contribution in [0.1, 0.15) is 88.6 Å². The molecule has 66 heavy (non-hydrogen) atoms. The number of fused-ring (bicyclic) bond motifs is 4. The number of aromatic amines is 2. The van der Waals surface area contributed by atoms with Crippen molar-refractivity contribution in [2.75, 3.05) is 6.54 Å². The fourth-order valence-electron chi connectivity index (χ4n) is 9.59. The van der Waals surface area contributed by atoms with Crippen molar-refractivity contribution >= 4 is 27.9 Å². The Morgan fingerprint density at radius 3 is 2.09 bits per heavy atom. The van der Waals surface area contributed by atoms with E-state index in [4.69, 9.17) is 14.2 Å². The minimum absolute atomic E-state index is 0. The van der Waals surface area contributed by atoms with Gasteiger partial charge in [0, 0.05) is 59.5 Å². The molecule has 1 amide bonds. The van der Waals surface area contributed by atoms with E-state index in [0.29, 0.717) is 29.4 Å². The van der Waals surface area contributed by atoms with E-state index in [2.05, 4.69) is 80.9 Å². The van der Waals surface area contributed by atoms with Crippen LogP contribution in [0.15, 0.2) is 97.6 Å². The molecule has 4 aromatic heterocycles. The normalized spacial score (nSPS) is 18.5. The molecule has 2 fully saturated rings. The Kier molecular flexibility index (Phi) is 9.93. The van der Waals surface area contributed by atoms with Crippen LogP contribution in [0, 0.1) is 13.8 Å². The highest BCUT2D eigenvalue weighted by Crippen LogP contribution is 2.48.